The number of fused-ring (bicyclic) bond motifs is 1. The van der Waals surface area contributed by atoms with E-state index in [1.54, 1.807) is 0 Å². The van der Waals surface area contributed by atoms with Crippen LogP contribution in [-0.4, -0.2) is 37.6 Å². The molecule has 150 valence electrons. The summed E-state index contributed by atoms with van der Waals surface area (Å²) in [6, 6.07) is 0. The fourth-order valence-corrected chi connectivity index (χ4v) is 3.29. The fraction of sp³-hybridized carbons (Fsp3) is 0.667. The number of hydrogen-bond donors (Lipinski definition) is 2. The molecule has 1 aliphatic heterocycles. The molecule has 3 atom stereocenters. The molecule has 2 aromatic rings. The average molecular weight is 393 g/mol. The van der Waals surface area contributed by atoms with Crippen LogP contribution in [0.25, 0.3) is 11.2 Å². The van der Waals surface area contributed by atoms with E-state index in [1.807, 2.05) is 6.92 Å². The van der Waals surface area contributed by atoms with E-state index in [2.05, 4.69) is 9.97 Å². The summed E-state index contributed by atoms with van der Waals surface area (Å²) in [4.78, 5) is 31.0. The number of nitrogens with two attached hydrogens (primary N) is 1. The fourth-order valence-electron chi connectivity index (χ4n) is 3.29. The Hall–Kier alpha value is -2.37. The molecule has 3 N–H and O–H groups in total. The SMILES string of the molecule is CCCC1OC(n2c(=O)n(CCC(F)(F)F)c3c(=O)[nH]c(N)nc32)CC1F. The van der Waals surface area contributed by atoms with Gasteiger partial charge in [0, 0.05) is 13.0 Å². The lowest BCUT2D eigenvalue weighted by molar-refractivity contribution is -0.136. The molecule has 0 aromatic carbocycles. The van der Waals surface area contributed by atoms with Crippen molar-refractivity contribution in [3.8, 4) is 0 Å². The van der Waals surface area contributed by atoms with Gasteiger partial charge in [0.2, 0.25) is 5.95 Å². The smallest absolute Gasteiger partial charge is 0.369 e. The van der Waals surface area contributed by atoms with Gasteiger partial charge in [-0.25, -0.2) is 13.8 Å². The summed E-state index contributed by atoms with van der Waals surface area (Å²) in [6.45, 7) is 1.07. The molecule has 8 nitrogen and oxygen atoms in total. The molecule has 3 unspecified atom stereocenters. The minimum absolute atomic E-state index is 0.169. The molecule has 27 heavy (non-hydrogen) atoms. The number of imidazole rings is 1. The lowest BCUT2D eigenvalue weighted by Gasteiger charge is -2.14. The van der Waals surface area contributed by atoms with Crippen LogP contribution in [0.5, 0.6) is 0 Å². The maximum absolute atomic E-state index is 14.2. The van der Waals surface area contributed by atoms with Gasteiger partial charge in [-0.3, -0.25) is 14.3 Å². The van der Waals surface area contributed by atoms with Gasteiger partial charge in [-0.15, -0.1) is 0 Å². The largest absolute Gasteiger partial charge is 0.390 e. The van der Waals surface area contributed by atoms with Crippen molar-refractivity contribution in [2.45, 2.75) is 63.8 Å². The number of halogens is 4. The maximum Gasteiger partial charge on any atom is 0.390 e. The number of hydrogen-bond acceptors (Lipinski definition) is 5. The van der Waals surface area contributed by atoms with E-state index in [-0.39, 0.29) is 23.5 Å². The van der Waals surface area contributed by atoms with Crippen LogP contribution in [0.3, 0.4) is 0 Å². The second kappa shape index (κ2) is 6.98. The van der Waals surface area contributed by atoms with Crippen LogP contribution in [0.15, 0.2) is 9.59 Å². The Morgan fingerprint density at radius 3 is 2.70 bits per heavy atom. The maximum atomic E-state index is 14.2. The highest BCUT2D eigenvalue weighted by Crippen LogP contribution is 2.33. The Balaban J connectivity index is 2.12. The number of rotatable bonds is 5. The van der Waals surface area contributed by atoms with E-state index in [0.29, 0.717) is 17.4 Å². The number of aromatic nitrogens is 4. The topological polar surface area (TPSA) is 108 Å². The summed E-state index contributed by atoms with van der Waals surface area (Å²) < 4.78 is 59.2. The van der Waals surface area contributed by atoms with E-state index in [0.717, 1.165) is 4.57 Å². The Kier molecular flexibility index (Phi) is 5.02. The second-order valence-electron chi connectivity index (χ2n) is 6.46. The normalized spacial score (nSPS) is 23.4. The third-order valence-corrected chi connectivity index (χ3v) is 4.47. The van der Waals surface area contributed by atoms with E-state index >= 15 is 0 Å². The Morgan fingerprint density at radius 2 is 2.07 bits per heavy atom. The lowest BCUT2D eigenvalue weighted by Crippen LogP contribution is -2.29. The molecule has 0 aliphatic carbocycles. The van der Waals surface area contributed by atoms with Gasteiger partial charge in [0.25, 0.3) is 5.56 Å². The van der Waals surface area contributed by atoms with Gasteiger partial charge < -0.3 is 10.5 Å². The van der Waals surface area contributed by atoms with Crippen LogP contribution >= 0.6 is 0 Å². The number of nitrogens with zero attached hydrogens (tertiary/aromatic N) is 3. The van der Waals surface area contributed by atoms with Crippen molar-refractivity contribution in [1.29, 1.82) is 0 Å². The number of H-pyrrole nitrogens is 1. The van der Waals surface area contributed by atoms with Crippen LogP contribution in [0.2, 0.25) is 0 Å². The molecule has 3 rings (SSSR count). The molecule has 2 aromatic heterocycles. The first-order chi connectivity index (χ1) is 12.6. The van der Waals surface area contributed by atoms with Crippen LogP contribution < -0.4 is 17.0 Å². The van der Waals surface area contributed by atoms with Crippen molar-refractivity contribution in [2.24, 2.45) is 0 Å². The molecule has 0 bridgehead atoms. The van der Waals surface area contributed by atoms with Gasteiger partial charge in [-0.05, 0) is 6.42 Å². The molecule has 3 heterocycles. The number of nitrogen functional groups attached to an aromatic ring is 1. The standard InChI is InChI=1S/C15H19F4N5O3/c1-2-3-8-7(16)6-9(27-8)24-11-10(12(25)22-13(20)21-11)23(14(24)26)5-4-15(17,18)19/h7-9H,2-6H2,1H3,(H3,20,21,22,25). The van der Waals surface area contributed by atoms with Crippen molar-refractivity contribution in [3.63, 3.8) is 0 Å². The van der Waals surface area contributed by atoms with Gasteiger partial charge in [-0.2, -0.15) is 18.2 Å². The zero-order valence-electron chi connectivity index (χ0n) is 14.4. The van der Waals surface area contributed by atoms with Crippen molar-refractivity contribution in [2.75, 3.05) is 5.73 Å². The number of nitrogens with one attached hydrogen (secondary N) is 1. The van der Waals surface area contributed by atoms with Crippen molar-refractivity contribution in [3.05, 3.63) is 20.8 Å². The summed E-state index contributed by atoms with van der Waals surface area (Å²) in [5.41, 5.74) is 3.16. The Bertz CT molecular complexity index is 948. The molecule has 0 amide bonds. The number of aromatic amines is 1. The molecule has 0 radical (unpaired) electrons. The van der Waals surface area contributed by atoms with Crippen LogP contribution in [-0.2, 0) is 11.3 Å². The van der Waals surface area contributed by atoms with Gasteiger partial charge in [0.15, 0.2) is 11.2 Å². The number of ether oxygens (including phenoxy) is 1. The first kappa shape index (κ1) is 19.4. The van der Waals surface area contributed by atoms with Gasteiger partial charge in [-0.1, -0.05) is 13.3 Å². The highest BCUT2D eigenvalue weighted by molar-refractivity contribution is 5.71. The Labute approximate surface area is 149 Å². The molecule has 0 saturated carbocycles. The average Bonchev–Trinajstić information content (AvgIpc) is 3.02. The summed E-state index contributed by atoms with van der Waals surface area (Å²) in [5.74, 6) is -0.311. The van der Waals surface area contributed by atoms with E-state index < -0.39 is 48.9 Å². The number of alkyl halides is 4. The number of anilines is 1. The van der Waals surface area contributed by atoms with Crippen molar-refractivity contribution >= 4 is 17.1 Å². The molecular formula is C15H19F4N5O3. The monoisotopic (exact) mass is 393 g/mol. The molecular weight excluding hydrogens is 374 g/mol. The highest BCUT2D eigenvalue weighted by atomic mass is 19.4. The van der Waals surface area contributed by atoms with Gasteiger partial charge in [0.1, 0.15) is 12.4 Å². The third-order valence-electron chi connectivity index (χ3n) is 4.47. The zero-order chi connectivity index (χ0) is 19.9. The van der Waals surface area contributed by atoms with E-state index in [4.69, 9.17) is 10.5 Å². The minimum atomic E-state index is -4.53. The summed E-state index contributed by atoms with van der Waals surface area (Å²) >= 11 is 0. The van der Waals surface area contributed by atoms with Crippen LogP contribution in [0.4, 0.5) is 23.5 Å². The molecule has 12 heteroatoms. The Morgan fingerprint density at radius 1 is 1.37 bits per heavy atom. The predicted molar refractivity (Wildman–Crippen MR) is 88.0 cm³/mol. The minimum Gasteiger partial charge on any atom is -0.369 e. The lowest BCUT2D eigenvalue weighted by atomic mass is 10.1. The van der Waals surface area contributed by atoms with E-state index in [1.165, 1.54) is 0 Å². The van der Waals surface area contributed by atoms with Crippen molar-refractivity contribution in [1.82, 2.24) is 19.1 Å². The van der Waals surface area contributed by atoms with E-state index in [9.17, 15) is 27.2 Å². The molecule has 1 saturated heterocycles. The summed E-state index contributed by atoms with van der Waals surface area (Å²) in [5, 5.41) is 0. The molecule has 1 fully saturated rings. The predicted octanol–water partition coefficient (Wildman–Crippen LogP) is 1.85. The number of aryl methyl sites for hydroxylation is 1. The quantitative estimate of drug-likeness (QED) is 0.754. The van der Waals surface area contributed by atoms with Gasteiger partial charge in [0.05, 0.1) is 12.5 Å². The first-order valence-electron chi connectivity index (χ1n) is 8.49. The van der Waals surface area contributed by atoms with Gasteiger partial charge >= 0.3 is 11.9 Å². The third kappa shape index (κ3) is 3.70. The summed E-state index contributed by atoms with van der Waals surface area (Å²) in [6.07, 6.45) is -8.08. The second-order valence-corrected chi connectivity index (χ2v) is 6.46. The van der Waals surface area contributed by atoms with Crippen LogP contribution in [0.1, 0.15) is 38.8 Å². The zero-order valence-corrected chi connectivity index (χ0v) is 14.4. The summed E-state index contributed by atoms with van der Waals surface area (Å²) in [7, 11) is 0. The molecule has 0 spiro atoms. The first-order valence-corrected chi connectivity index (χ1v) is 8.49. The molecule has 1 aliphatic rings. The highest BCUT2D eigenvalue weighted by Gasteiger charge is 2.38. The van der Waals surface area contributed by atoms with Crippen LogP contribution in [0, 0.1) is 0 Å². The van der Waals surface area contributed by atoms with Crippen molar-refractivity contribution < 1.29 is 22.3 Å².